The van der Waals surface area contributed by atoms with E-state index < -0.39 is 6.97 Å². The monoisotopic (exact) mass is 448 g/mol. The van der Waals surface area contributed by atoms with Gasteiger partial charge in [-0.3, -0.25) is 0 Å². The molecule has 3 heterocycles. The second-order valence-electron chi connectivity index (χ2n) is 8.10. The Morgan fingerprint density at radius 1 is 0.647 bits per heavy atom. The minimum absolute atomic E-state index is 0.465. The van der Waals surface area contributed by atoms with E-state index in [2.05, 4.69) is 0 Å². The normalized spacial score (nSPS) is 16.8. The topological polar surface area (TPSA) is 7.94 Å². The van der Waals surface area contributed by atoms with Gasteiger partial charge in [0.15, 0.2) is 11.4 Å². The van der Waals surface area contributed by atoms with E-state index in [4.69, 9.17) is 0 Å². The Labute approximate surface area is 198 Å². The third-order valence-corrected chi connectivity index (χ3v) is 5.81. The van der Waals surface area contributed by atoms with Crippen LogP contribution in [0.15, 0.2) is 121 Å². The van der Waals surface area contributed by atoms with Crippen LogP contribution in [-0.4, -0.2) is 21.6 Å². The van der Waals surface area contributed by atoms with Crippen LogP contribution < -0.4 is 0 Å². The van der Waals surface area contributed by atoms with Crippen molar-refractivity contribution >= 4 is 37.0 Å². The van der Waals surface area contributed by atoms with Gasteiger partial charge in [-0.15, -0.1) is 0 Å². The molecule has 3 aromatic rings. The maximum Gasteiger partial charge on any atom is 0.737 e. The zero-order chi connectivity index (χ0) is 23.4. The van der Waals surface area contributed by atoms with Gasteiger partial charge < -0.3 is 17.6 Å². The second kappa shape index (κ2) is 9.32. The van der Waals surface area contributed by atoms with Gasteiger partial charge in [-0.05, 0) is 29.3 Å². The highest BCUT2D eigenvalue weighted by molar-refractivity contribution is 6.58. The van der Waals surface area contributed by atoms with E-state index in [0.717, 1.165) is 20.1 Å². The molecule has 1 aromatic heterocycles. The Hall–Kier alpha value is -4.25. The lowest BCUT2D eigenvalue weighted by Crippen LogP contribution is -2.50. The number of benzene rings is 2. The van der Waals surface area contributed by atoms with Gasteiger partial charge in [0.25, 0.3) is 0 Å². The zero-order valence-corrected chi connectivity index (χ0v) is 18.5. The Morgan fingerprint density at radius 2 is 1.24 bits per heavy atom. The van der Waals surface area contributed by atoms with Crippen molar-refractivity contribution in [3.05, 3.63) is 144 Å². The van der Waals surface area contributed by atoms with Crippen LogP contribution in [0.2, 0.25) is 0 Å². The Morgan fingerprint density at radius 3 is 1.88 bits per heavy atom. The molecule has 0 amide bonds. The van der Waals surface area contributed by atoms with Crippen molar-refractivity contribution in [3.8, 4) is 0 Å². The van der Waals surface area contributed by atoms with Crippen LogP contribution in [0.5, 0.6) is 0 Å². The van der Waals surface area contributed by atoms with Gasteiger partial charge >= 0.3 is 6.97 Å². The molecule has 0 spiro atoms. The molecule has 34 heavy (non-hydrogen) atoms. The lowest BCUT2D eigenvalue weighted by Gasteiger charge is -2.29. The van der Waals surface area contributed by atoms with E-state index in [1.807, 2.05) is 85.0 Å². The average Bonchev–Trinajstić information content (AvgIpc) is 3.46. The summed E-state index contributed by atoms with van der Waals surface area (Å²) in [6, 6.07) is 23.2. The first kappa shape index (κ1) is 21.6. The van der Waals surface area contributed by atoms with Crippen molar-refractivity contribution in [1.82, 2.24) is 4.48 Å². The van der Waals surface area contributed by atoms with Crippen molar-refractivity contribution in [2.45, 2.75) is 0 Å². The fourth-order valence-corrected chi connectivity index (χ4v) is 4.22. The fourth-order valence-electron chi connectivity index (χ4n) is 4.22. The molecule has 5 heteroatoms. The molecule has 0 fully saturated rings. The van der Waals surface area contributed by atoms with Crippen LogP contribution in [-0.2, 0) is 0 Å². The Bertz CT molecular complexity index is 1400. The molecule has 2 aromatic carbocycles. The molecule has 0 saturated heterocycles. The molecule has 2 aliphatic rings. The summed E-state index contributed by atoms with van der Waals surface area (Å²) in [7, 11) is 0. The van der Waals surface area contributed by atoms with Crippen molar-refractivity contribution < 1.29 is 13.1 Å². The minimum Gasteiger partial charge on any atom is -0.390 e. The van der Waals surface area contributed by atoms with Crippen LogP contribution in [0.1, 0.15) is 22.5 Å². The number of hydrogen-bond donors (Lipinski definition) is 0. The van der Waals surface area contributed by atoms with E-state index >= 15 is 8.63 Å². The molecule has 0 radical (unpaired) electrons. The lowest BCUT2D eigenvalue weighted by molar-refractivity contribution is -0.359. The Kier molecular flexibility index (Phi) is 5.92. The second-order valence-corrected chi connectivity index (χ2v) is 8.10. The predicted octanol–water partition coefficient (Wildman–Crippen LogP) is 7.08. The summed E-state index contributed by atoms with van der Waals surface area (Å²) in [4.78, 5) is 0. The average molecular weight is 448 g/mol. The Balaban J connectivity index is 1.41. The van der Waals surface area contributed by atoms with E-state index in [-0.39, 0.29) is 0 Å². The van der Waals surface area contributed by atoms with Gasteiger partial charge in [0, 0.05) is 35.7 Å². The summed E-state index contributed by atoms with van der Waals surface area (Å²) in [5, 5.41) is 0. The van der Waals surface area contributed by atoms with Gasteiger partial charge in [0.2, 0.25) is 0 Å². The van der Waals surface area contributed by atoms with Crippen molar-refractivity contribution in [3.63, 3.8) is 0 Å². The predicted molar refractivity (Wildman–Crippen MR) is 139 cm³/mol. The number of rotatable bonds is 6. The smallest absolute Gasteiger partial charge is 0.390 e. The van der Waals surface area contributed by atoms with Crippen molar-refractivity contribution in [2.24, 2.45) is 0 Å². The quantitative estimate of drug-likeness (QED) is 0.281. The largest absolute Gasteiger partial charge is 0.737 e. The summed E-state index contributed by atoms with van der Waals surface area (Å²) in [6.07, 6.45) is 19.9. The molecule has 0 aliphatic carbocycles. The van der Waals surface area contributed by atoms with Crippen LogP contribution in [0.3, 0.4) is 0 Å². The molecule has 5 rings (SSSR count). The number of allylic oxidation sites excluding steroid dienone is 7. The fraction of sp³-hybridized carbons (Fsp3) is 0. The van der Waals surface area contributed by atoms with E-state index in [9.17, 15) is 0 Å². The summed E-state index contributed by atoms with van der Waals surface area (Å²) < 4.78 is 33.9. The maximum absolute atomic E-state index is 15.8. The van der Waals surface area contributed by atoms with Gasteiger partial charge in [-0.2, -0.15) is 0 Å². The highest BCUT2D eigenvalue weighted by atomic mass is 19.2. The maximum atomic E-state index is 15.8. The third kappa shape index (κ3) is 4.33. The summed E-state index contributed by atoms with van der Waals surface area (Å²) in [5.74, 6) is 0. The van der Waals surface area contributed by atoms with E-state index in [0.29, 0.717) is 22.8 Å². The number of nitrogens with zero attached hydrogens (tertiary/aromatic N) is 2. The lowest BCUT2D eigenvalue weighted by atomic mass is 9.90. The SMILES string of the molecule is F[B-]1(F)n2c(C=CC=Cc3ccccc3)ccc2C=C2C=CC(C=CC=Cc3ccccc3)=[N+]21. The molecule has 0 bridgehead atoms. The van der Waals surface area contributed by atoms with E-state index in [1.54, 1.807) is 54.7 Å². The molecular formula is C29H23BF2N2. The van der Waals surface area contributed by atoms with Gasteiger partial charge in [-0.25, -0.2) is 0 Å². The highest BCUT2D eigenvalue weighted by Crippen LogP contribution is 2.33. The number of hydrogen-bond acceptors (Lipinski definition) is 0. The molecule has 0 saturated carbocycles. The van der Waals surface area contributed by atoms with Crippen LogP contribution >= 0.6 is 0 Å². The van der Waals surface area contributed by atoms with Crippen molar-refractivity contribution in [2.75, 3.05) is 0 Å². The van der Waals surface area contributed by atoms with E-state index in [1.165, 1.54) is 0 Å². The van der Waals surface area contributed by atoms with Gasteiger partial charge in [-0.1, -0.05) is 97.1 Å². The van der Waals surface area contributed by atoms with Crippen LogP contribution in [0.4, 0.5) is 8.63 Å². The highest BCUT2D eigenvalue weighted by Gasteiger charge is 2.51. The molecule has 0 unspecified atom stereocenters. The number of halogens is 2. The van der Waals surface area contributed by atoms with Gasteiger partial charge in [0.05, 0.1) is 0 Å². The summed E-state index contributed by atoms with van der Waals surface area (Å²) >= 11 is 0. The van der Waals surface area contributed by atoms with Crippen molar-refractivity contribution in [1.29, 1.82) is 0 Å². The van der Waals surface area contributed by atoms with Crippen LogP contribution in [0, 0.1) is 0 Å². The molecular weight excluding hydrogens is 425 g/mol. The minimum atomic E-state index is -4.04. The zero-order valence-electron chi connectivity index (χ0n) is 18.5. The molecule has 166 valence electrons. The standard InChI is InChI=1S/C29H23BF2N2/c31-30(32)33-26(17-9-7-15-24-11-3-1-4-12-24)19-21-28(33)23-29-22-20-27(34(29)30)18-10-8-16-25-13-5-2-6-14-25/h1-23H. The first-order valence-corrected chi connectivity index (χ1v) is 11.2. The third-order valence-electron chi connectivity index (χ3n) is 5.81. The molecule has 2 nitrogen and oxygen atoms in total. The van der Waals surface area contributed by atoms with Gasteiger partial charge in [0.1, 0.15) is 0 Å². The van der Waals surface area contributed by atoms with Crippen LogP contribution in [0.25, 0.3) is 24.3 Å². The molecule has 2 aliphatic heterocycles. The first-order valence-electron chi connectivity index (χ1n) is 11.2. The first-order chi connectivity index (χ1) is 16.6. The molecule has 0 atom stereocenters. The molecule has 0 N–H and O–H groups in total. The summed E-state index contributed by atoms with van der Waals surface area (Å²) in [5.41, 5.74) is 4.05. The number of fused-ring (bicyclic) bond motifs is 2. The summed E-state index contributed by atoms with van der Waals surface area (Å²) in [6.45, 7) is -4.04. The number of aromatic nitrogens is 1.